The number of carbonyl (C=O) groups excluding carboxylic acids is 1. The Labute approximate surface area is 86.4 Å². The highest BCUT2D eigenvalue weighted by Gasteiger charge is 2.22. The van der Waals surface area contributed by atoms with Gasteiger partial charge in [-0.3, -0.25) is 4.79 Å². The molecule has 0 aromatic rings. The summed E-state index contributed by atoms with van der Waals surface area (Å²) in [5.74, 6) is -1.72. The first-order chi connectivity index (χ1) is 7.11. The van der Waals surface area contributed by atoms with Gasteiger partial charge in [0.1, 0.15) is 6.04 Å². The SMILES string of the molecule is O=C(O)C(O)CNC(=O)C1COCCN1. The molecule has 2 unspecified atom stereocenters. The summed E-state index contributed by atoms with van der Waals surface area (Å²) in [5, 5.41) is 22.5. The molecule has 0 aliphatic carbocycles. The van der Waals surface area contributed by atoms with Crippen molar-refractivity contribution < 1.29 is 24.5 Å². The lowest BCUT2D eigenvalue weighted by Gasteiger charge is -2.23. The quantitative estimate of drug-likeness (QED) is 0.417. The second-order valence-corrected chi connectivity index (χ2v) is 3.18. The Balaban J connectivity index is 2.25. The van der Waals surface area contributed by atoms with E-state index in [0.29, 0.717) is 13.2 Å². The highest BCUT2D eigenvalue weighted by atomic mass is 16.5. The third-order valence-corrected chi connectivity index (χ3v) is 1.99. The molecular weight excluding hydrogens is 204 g/mol. The van der Waals surface area contributed by atoms with Gasteiger partial charge in [-0.05, 0) is 0 Å². The number of hydrogen-bond acceptors (Lipinski definition) is 5. The Morgan fingerprint density at radius 1 is 1.60 bits per heavy atom. The van der Waals surface area contributed by atoms with Crippen LogP contribution in [0, 0.1) is 0 Å². The standard InChI is InChI=1S/C8H14N2O5/c11-6(8(13)14)3-10-7(12)5-4-15-2-1-9-5/h5-6,9,11H,1-4H2,(H,10,12)(H,13,14). The zero-order chi connectivity index (χ0) is 11.3. The monoisotopic (exact) mass is 218 g/mol. The smallest absolute Gasteiger partial charge is 0.334 e. The van der Waals surface area contributed by atoms with Crippen LogP contribution >= 0.6 is 0 Å². The molecule has 1 amide bonds. The fraction of sp³-hybridized carbons (Fsp3) is 0.750. The van der Waals surface area contributed by atoms with Gasteiger partial charge in [0, 0.05) is 6.54 Å². The predicted octanol–water partition coefficient (Wildman–Crippen LogP) is -2.46. The molecule has 2 atom stereocenters. The summed E-state index contributed by atoms with van der Waals surface area (Å²) in [6.07, 6.45) is -1.57. The third-order valence-electron chi connectivity index (χ3n) is 1.99. The number of amides is 1. The number of morpholine rings is 1. The molecule has 0 spiro atoms. The second-order valence-electron chi connectivity index (χ2n) is 3.18. The number of nitrogens with one attached hydrogen (secondary N) is 2. The van der Waals surface area contributed by atoms with E-state index in [1.165, 1.54) is 0 Å². The molecule has 0 radical (unpaired) electrons. The van der Waals surface area contributed by atoms with E-state index in [1.807, 2.05) is 0 Å². The van der Waals surface area contributed by atoms with Crippen molar-refractivity contribution in [3.63, 3.8) is 0 Å². The number of carboxylic acids is 1. The number of hydrogen-bond donors (Lipinski definition) is 4. The number of aliphatic hydroxyl groups is 1. The van der Waals surface area contributed by atoms with E-state index < -0.39 is 18.1 Å². The van der Waals surface area contributed by atoms with E-state index >= 15 is 0 Å². The number of aliphatic hydroxyl groups excluding tert-OH is 1. The highest BCUT2D eigenvalue weighted by molar-refractivity contribution is 5.82. The molecule has 7 heteroatoms. The lowest BCUT2D eigenvalue weighted by molar-refractivity contribution is -0.146. The Hall–Kier alpha value is -1.18. The van der Waals surface area contributed by atoms with E-state index in [0.717, 1.165) is 0 Å². The van der Waals surface area contributed by atoms with Gasteiger partial charge in [0.25, 0.3) is 0 Å². The van der Waals surface area contributed by atoms with E-state index in [1.54, 1.807) is 0 Å². The summed E-state index contributed by atoms with van der Waals surface area (Å²) in [5.41, 5.74) is 0. The van der Waals surface area contributed by atoms with Crippen LogP contribution in [0.2, 0.25) is 0 Å². The molecule has 86 valence electrons. The van der Waals surface area contributed by atoms with Crippen molar-refractivity contribution in [2.75, 3.05) is 26.3 Å². The summed E-state index contributed by atoms with van der Waals surface area (Å²) in [7, 11) is 0. The van der Waals surface area contributed by atoms with Gasteiger partial charge in [-0.15, -0.1) is 0 Å². The molecule has 1 rings (SSSR count). The third kappa shape index (κ3) is 3.82. The van der Waals surface area contributed by atoms with Crippen LogP contribution in [0.5, 0.6) is 0 Å². The number of carboxylic acid groups (broad SMARTS) is 1. The van der Waals surface area contributed by atoms with Gasteiger partial charge in [-0.2, -0.15) is 0 Å². The zero-order valence-electron chi connectivity index (χ0n) is 8.10. The summed E-state index contributed by atoms with van der Waals surface area (Å²) in [4.78, 5) is 21.6. The molecule has 1 aliphatic heterocycles. The Kier molecular flexibility index (Phi) is 4.47. The van der Waals surface area contributed by atoms with Gasteiger partial charge >= 0.3 is 5.97 Å². The average Bonchev–Trinajstić information content (AvgIpc) is 2.26. The molecule has 15 heavy (non-hydrogen) atoms. The molecule has 0 saturated carbocycles. The largest absolute Gasteiger partial charge is 0.479 e. The van der Waals surface area contributed by atoms with Crippen molar-refractivity contribution in [3.8, 4) is 0 Å². The zero-order valence-corrected chi connectivity index (χ0v) is 8.10. The van der Waals surface area contributed by atoms with Gasteiger partial charge in [-0.1, -0.05) is 0 Å². The summed E-state index contributed by atoms with van der Waals surface area (Å²) in [6, 6.07) is -0.472. The topological polar surface area (TPSA) is 108 Å². The molecule has 1 fully saturated rings. The minimum atomic E-state index is -1.57. The molecule has 0 aromatic carbocycles. The average molecular weight is 218 g/mol. The van der Waals surface area contributed by atoms with Crippen LogP contribution in [0.25, 0.3) is 0 Å². The van der Waals surface area contributed by atoms with Crippen LogP contribution in [0.1, 0.15) is 0 Å². The maximum absolute atomic E-state index is 11.4. The fourth-order valence-electron chi connectivity index (χ4n) is 1.14. The Morgan fingerprint density at radius 2 is 2.33 bits per heavy atom. The molecule has 0 aromatic heterocycles. The minimum absolute atomic E-state index is 0.259. The highest BCUT2D eigenvalue weighted by Crippen LogP contribution is 1.93. The number of ether oxygens (including phenoxy) is 1. The Bertz CT molecular complexity index is 239. The van der Waals surface area contributed by atoms with Gasteiger partial charge in [0.15, 0.2) is 6.10 Å². The first kappa shape index (κ1) is 11.9. The van der Waals surface area contributed by atoms with Crippen LogP contribution in [0.3, 0.4) is 0 Å². The molecule has 1 aliphatic rings. The summed E-state index contributed by atoms with van der Waals surface area (Å²) < 4.78 is 5.06. The molecule has 1 heterocycles. The lowest BCUT2D eigenvalue weighted by atomic mass is 10.2. The van der Waals surface area contributed by atoms with Gasteiger partial charge in [0.05, 0.1) is 19.8 Å². The normalized spacial score (nSPS) is 23.1. The minimum Gasteiger partial charge on any atom is -0.479 e. The maximum atomic E-state index is 11.4. The molecule has 4 N–H and O–H groups in total. The number of aliphatic carboxylic acids is 1. The van der Waals surface area contributed by atoms with E-state index in [9.17, 15) is 9.59 Å². The van der Waals surface area contributed by atoms with E-state index in [4.69, 9.17) is 14.9 Å². The van der Waals surface area contributed by atoms with Crippen LogP contribution in [0.4, 0.5) is 0 Å². The fourth-order valence-corrected chi connectivity index (χ4v) is 1.14. The number of rotatable bonds is 4. The molecule has 1 saturated heterocycles. The van der Waals surface area contributed by atoms with Crippen LogP contribution in [0.15, 0.2) is 0 Å². The van der Waals surface area contributed by atoms with E-state index in [2.05, 4.69) is 10.6 Å². The first-order valence-corrected chi connectivity index (χ1v) is 4.61. The summed E-state index contributed by atoms with van der Waals surface area (Å²) in [6.45, 7) is 1.10. The van der Waals surface area contributed by atoms with Crippen molar-refractivity contribution in [1.82, 2.24) is 10.6 Å². The van der Waals surface area contributed by atoms with Crippen LogP contribution in [-0.2, 0) is 14.3 Å². The predicted molar refractivity (Wildman–Crippen MR) is 49.3 cm³/mol. The van der Waals surface area contributed by atoms with Gasteiger partial charge in [-0.25, -0.2) is 4.79 Å². The van der Waals surface area contributed by atoms with Crippen molar-refractivity contribution in [3.05, 3.63) is 0 Å². The first-order valence-electron chi connectivity index (χ1n) is 4.61. The molecular formula is C8H14N2O5. The lowest BCUT2D eigenvalue weighted by Crippen LogP contribution is -2.52. The van der Waals surface area contributed by atoms with Crippen LogP contribution < -0.4 is 10.6 Å². The molecule has 0 bridgehead atoms. The van der Waals surface area contributed by atoms with Crippen LogP contribution in [-0.4, -0.2) is 60.5 Å². The maximum Gasteiger partial charge on any atom is 0.334 e. The van der Waals surface area contributed by atoms with Crippen molar-refractivity contribution in [1.29, 1.82) is 0 Å². The molecule has 7 nitrogen and oxygen atoms in total. The van der Waals surface area contributed by atoms with Gasteiger partial charge in [0.2, 0.25) is 5.91 Å². The van der Waals surface area contributed by atoms with Crippen molar-refractivity contribution >= 4 is 11.9 Å². The second kappa shape index (κ2) is 5.64. The Morgan fingerprint density at radius 3 is 2.87 bits per heavy atom. The van der Waals surface area contributed by atoms with Gasteiger partial charge < -0.3 is 25.6 Å². The van der Waals surface area contributed by atoms with Crippen molar-refractivity contribution in [2.24, 2.45) is 0 Å². The van der Waals surface area contributed by atoms with E-state index in [-0.39, 0.29) is 19.1 Å². The van der Waals surface area contributed by atoms with Crippen molar-refractivity contribution in [2.45, 2.75) is 12.1 Å². The summed E-state index contributed by atoms with van der Waals surface area (Å²) >= 11 is 0. The number of carbonyl (C=O) groups is 2.